The monoisotopic (exact) mass is 230 g/mol. The quantitative estimate of drug-likeness (QED) is 0.381. The number of hydrogen-bond donors (Lipinski definition) is 0. The van der Waals surface area contributed by atoms with Crippen molar-refractivity contribution < 1.29 is 0 Å². The lowest BCUT2D eigenvalue weighted by Gasteiger charge is -1.93. The molecule has 0 unspecified atom stereocenters. The lowest BCUT2D eigenvalue weighted by Crippen LogP contribution is -1.99. The first kappa shape index (κ1) is 7.13. The summed E-state index contributed by atoms with van der Waals surface area (Å²) in [7, 11) is 2.11. The number of alkyl halides is 1. The van der Waals surface area contributed by atoms with E-state index < -0.39 is 0 Å². The third kappa shape index (κ3) is 2.01. The zero-order valence-electron chi connectivity index (χ0n) is 5.39. The van der Waals surface area contributed by atoms with E-state index in [-0.39, 0.29) is 0 Å². The van der Waals surface area contributed by atoms with Gasteiger partial charge in [0.15, 0.2) is 0 Å². The number of benzene rings is 1. The summed E-state index contributed by atoms with van der Waals surface area (Å²) in [4.78, 5) is 0. The van der Waals surface area contributed by atoms with Gasteiger partial charge < -0.3 is 0 Å². The Kier molecular flexibility index (Phi) is 2.57. The Morgan fingerprint density at radius 1 is 1.22 bits per heavy atom. The van der Waals surface area contributed by atoms with Crippen LogP contribution in [0.25, 0.3) is 0 Å². The van der Waals surface area contributed by atoms with Crippen molar-refractivity contribution in [2.24, 2.45) is 0 Å². The molecular weight excluding hydrogens is 222 g/mol. The molecule has 0 spiro atoms. The fourth-order valence-electron chi connectivity index (χ4n) is 0.677. The lowest BCUT2D eigenvalue weighted by atomic mass is 9.96. The topological polar surface area (TPSA) is 0 Å². The van der Waals surface area contributed by atoms with Gasteiger partial charge in [0.2, 0.25) is 0 Å². The van der Waals surface area contributed by atoms with E-state index in [0.717, 1.165) is 4.43 Å². The first-order valence-electron chi connectivity index (χ1n) is 2.94. The smallest absolute Gasteiger partial charge is 0.0889 e. The SMILES string of the molecule is Bc1ccc(CI)cc1. The van der Waals surface area contributed by atoms with Crippen molar-refractivity contribution in [1.82, 2.24) is 0 Å². The molecule has 0 nitrogen and oxygen atoms in total. The Bertz CT molecular complexity index is 181. The summed E-state index contributed by atoms with van der Waals surface area (Å²) in [5.41, 5.74) is 2.74. The normalized spacial score (nSPS) is 9.44. The Hall–Kier alpha value is 0.0149. The van der Waals surface area contributed by atoms with E-state index in [4.69, 9.17) is 0 Å². The van der Waals surface area contributed by atoms with E-state index >= 15 is 0 Å². The molecule has 0 aliphatic carbocycles. The Labute approximate surface area is 70.2 Å². The summed E-state index contributed by atoms with van der Waals surface area (Å²) in [5.74, 6) is 0. The first-order chi connectivity index (χ1) is 4.33. The molecule has 0 saturated heterocycles. The molecule has 0 amide bonds. The van der Waals surface area contributed by atoms with E-state index in [0.29, 0.717) is 0 Å². The van der Waals surface area contributed by atoms with Gasteiger partial charge in [0.05, 0.1) is 0 Å². The highest BCUT2D eigenvalue weighted by molar-refractivity contribution is 14.1. The van der Waals surface area contributed by atoms with Crippen LogP contribution in [-0.4, -0.2) is 7.85 Å². The van der Waals surface area contributed by atoms with Gasteiger partial charge >= 0.3 is 0 Å². The summed E-state index contributed by atoms with van der Waals surface area (Å²) < 4.78 is 1.11. The molecule has 0 heterocycles. The fourth-order valence-corrected chi connectivity index (χ4v) is 1.19. The van der Waals surface area contributed by atoms with Crippen molar-refractivity contribution in [2.45, 2.75) is 4.43 Å². The van der Waals surface area contributed by atoms with Gasteiger partial charge in [0, 0.05) is 4.43 Å². The molecule has 0 saturated carbocycles. The van der Waals surface area contributed by atoms with Gasteiger partial charge in [-0.1, -0.05) is 52.3 Å². The predicted octanol–water partition coefficient (Wildman–Crippen LogP) is 0.880. The Balaban J connectivity index is 2.88. The van der Waals surface area contributed by atoms with Crippen molar-refractivity contribution in [3.8, 4) is 0 Å². The second-order valence-electron chi connectivity index (χ2n) is 2.12. The number of hydrogen-bond acceptors (Lipinski definition) is 0. The maximum atomic E-state index is 2.37. The minimum Gasteiger partial charge on any atom is -0.0889 e. The standard InChI is InChI=1S/C7H8BI/c8-7-3-1-6(5-9)2-4-7/h1-4H,5,8H2. The van der Waals surface area contributed by atoms with E-state index in [1.807, 2.05) is 0 Å². The van der Waals surface area contributed by atoms with Gasteiger partial charge in [-0.25, -0.2) is 0 Å². The summed E-state index contributed by atoms with van der Waals surface area (Å²) in [6.07, 6.45) is 0. The first-order valence-corrected chi connectivity index (χ1v) is 4.47. The number of halogens is 1. The molecule has 0 aliphatic rings. The molecule has 1 aromatic carbocycles. The Morgan fingerprint density at radius 2 is 1.78 bits per heavy atom. The van der Waals surface area contributed by atoms with Gasteiger partial charge in [-0.05, 0) is 5.56 Å². The maximum Gasteiger partial charge on any atom is 0.139 e. The van der Waals surface area contributed by atoms with Crippen LogP contribution in [0, 0.1) is 0 Å². The van der Waals surface area contributed by atoms with E-state index in [1.165, 1.54) is 11.0 Å². The van der Waals surface area contributed by atoms with Crippen LogP contribution in [0.4, 0.5) is 0 Å². The molecule has 0 radical (unpaired) electrons. The molecule has 0 aromatic heterocycles. The summed E-state index contributed by atoms with van der Waals surface area (Å²) in [5, 5.41) is 0. The highest BCUT2D eigenvalue weighted by Crippen LogP contribution is 2.01. The van der Waals surface area contributed by atoms with Gasteiger partial charge in [-0.15, -0.1) is 0 Å². The minimum atomic E-state index is 1.11. The van der Waals surface area contributed by atoms with Gasteiger partial charge in [-0.2, -0.15) is 0 Å². The molecule has 0 aliphatic heterocycles. The van der Waals surface area contributed by atoms with Gasteiger partial charge in [0.1, 0.15) is 7.85 Å². The zero-order chi connectivity index (χ0) is 6.69. The molecule has 9 heavy (non-hydrogen) atoms. The molecule has 1 rings (SSSR count). The van der Waals surface area contributed by atoms with Crippen molar-refractivity contribution in [3.63, 3.8) is 0 Å². The fraction of sp³-hybridized carbons (Fsp3) is 0.143. The zero-order valence-corrected chi connectivity index (χ0v) is 7.55. The van der Waals surface area contributed by atoms with Crippen LogP contribution in [0.1, 0.15) is 5.56 Å². The minimum absolute atomic E-state index is 1.11. The average molecular weight is 230 g/mol. The van der Waals surface area contributed by atoms with Crippen molar-refractivity contribution in [2.75, 3.05) is 0 Å². The molecule has 0 fully saturated rings. The predicted molar refractivity (Wildman–Crippen MR) is 52.3 cm³/mol. The number of rotatable bonds is 1. The Morgan fingerprint density at radius 3 is 2.22 bits per heavy atom. The molecule has 0 atom stereocenters. The van der Waals surface area contributed by atoms with Crippen LogP contribution >= 0.6 is 22.6 Å². The maximum absolute atomic E-state index is 2.37. The lowest BCUT2D eigenvalue weighted by molar-refractivity contribution is 1.47. The van der Waals surface area contributed by atoms with Gasteiger partial charge in [0.25, 0.3) is 0 Å². The van der Waals surface area contributed by atoms with Crippen LogP contribution < -0.4 is 5.46 Å². The highest BCUT2D eigenvalue weighted by Gasteiger charge is 1.85. The van der Waals surface area contributed by atoms with Crippen molar-refractivity contribution in [1.29, 1.82) is 0 Å². The third-order valence-electron chi connectivity index (χ3n) is 1.27. The summed E-state index contributed by atoms with van der Waals surface area (Å²) in [6.45, 7) is 0. The summed E-state index contributed by atoms with van der Waals surface area (Å²) in [6, 6.07) is 8.63. The van der Waals surface area contributed by atoms with Crippen LogP contribution in [0.2, 0.25) is 0 Å². The second kappa shape index (κ2) is 3.25. The van der Waals surface area contributed by atoms with E-state index in [2.05, 4.69) is 54.7 Å². The average Bonchev–Trinajstić information content (AvgIpc) is 1.90. The van der Waals surface area contributed by atoms with E-state index in [9.17, 15) is 0 Å². The molecule has 46 valence electrons. The van der Waals surface area contributed by atoms with Crippen LogP contribution in [0.15, 0.2) is 24.3 Å². The van der Waals surface area contributed by atoms with Crippen LogP contribution in [0.5, 0.6) is 0 Å². The third-order valence-corrected chi connectivity index (χ3v) is 2.16. The van der Waals surface area contributed by atoms with Crippen molar-refractivity contribution in [3.05, 3.63) is 29.8 Å². The largest absolute Gasteiger partial charge is 0.139 e. The molecule has 0 bridgehead atoms. The molecular formula is C7H8BI. The van der Waals surface area contributed by atoms with Gasteiger partial charge in [-0.3, -0.25) is 0 Å². The van der Waals surface area contributed by atoms with Crippen LogP contribution in [0.3, 0.4) is 0 Å². The van der Waals surface area contributed by atoms with E-state index in [1.54, 1.807) is 0 Å². The molecule has 1 aromatic rings. The molecule has 2 heteroatoms. The molecule has 0 N–H and O–H groups in total. The second-order valence-corrected chi connectivity index (χ2v) is 2.88. The summed E-state index contributed by atoms with van der Waals surface area (Å²) >= 11 is 2.37. The van der Waals surface area contributed by atoms with Crippen molar-refractivity contribution >= 4 is 35.9 Å². The van der Waals surface area contributed by atoms with Crippen LogP contribution in [-0.2, 0) is 4.43 Å². The highest BCUT2D eigenvalue weighted by atomic mass is 127.